The van der Waals surface area contributed by atoms with Crippen molar-refractivity contribution < 1.29 is 9.53 Å². The quantitative estimate of drug-likeness (QED) is 0.429. The minimum Gasteiger partial charge on any atom is -0.484 e. The fourth-order valence-electron chi connectivity index (χ4n) is 6.30. The maximum Gasteiger partial charge on any atom is 0.265 e. The molecule has 1 atom stereocenters. The van der Waals surface area contributed by atoms with Crippen LogP contribution in [0.2, 0.25) is 0 Å². The standard InChI is InChI=1S/C32H36N2O2/c1-22-19-30(2,3)33-27-17-16-24(18-25(22)27)36-20-29(35)34-28-15-11-10-14-26(28)32(6,21-31(34,4)5)23-12-8-7-9-13-23/h7-19,33H,20-21H2,1-6H3. The van der Waals surface area contributed by atoms with Gasteiger partial charge in [-0.3, -0.25) is 4.79 Å². The van der Waals surface area contributed by atoms with E-state index in [4.69, 9.17) is 4.74 Å². The number of amides is 1. The molecule has 3 aromatic carbocycles. The van der Waals surface area contributed by atoms with Gasteiger partial charge in [0.2, 0.25) is 0 Å². The molecule has 0 fully saturated rings. The summed E-state index contributed by atoms with van der Waals surface area (Å²) in [6.45, 7) is 13.0. The highest BCUT2D eigenvalue weighted by Gasteiger charge is 2.47. The van der Waals surface area contributed by atoms with Gasteiger partial charge in [-0.15, -0.1) is 0 Å². The van der Waals surface area contributed by atoms with Crippen molar-refractivity contribution in [2.75, 3.05) is 16.8 Å². The van der Waals surface area contributed by atoms with E-state index in [1.165, 1.54) is 16.7 Å². The number of ether oxygens (including phenoxy) is 1. The van der Waals surface area contributed by atoms with E-state index in [1.54, 1.807) is 0 Å². The number of carbonyl (C=O) groups excluding carboxylic acids is 1. The minimum atomic E-state index is -0.385. The Morgan fingerprint density at radius 2 is 1.64 bits per heavy atom. The molecule has 4 heteroatoms. The van der Waals surface area contributed by atoms with Crippen molar-refractivity contribution in [3.63, 3.8) is 0 Å². The Kier molecular flexibility index (Phi) is 5.74. The first kappa shape index (κ1) is 24.2. The van der Waals surface area contributed by atoms with E-state index >= 15 is 0 Å². The van der Waals surface area contributed by atoms with Gasteiger partial charge < -0.3 is 15.0 Å². The summed E-state index contributed by atoms with van der Waals surface area (Å²) in [6, 6.07) is 24.9. The van der Waals surface area contributed by atoms with Crippen LogP contribution < -0.4 is 15.0 Å². The number of anilines is 2. The SMILES string of the molecule is CC1=CC(C)(C)Nc2ccc(OCC(=O)N3c4ccccc4C(C)(c4ccccc4)CC3(C)C)cc21. The van der Waals surface area contributed by atoms with Crippen molar-refractivity contribution in [3.05, 3.63) is 95.6 Å². The third-order valence-corrected chi connectivity index (χ3v) is 7.60. The van der Waals surface area contributed by atoms with Crippen LogP contribution >= 0.6 is 0 Å². The van der Waals surface area contributed by atoms with Gasteiger partial charge in [0.1, 0.15) is 5.75 Å². The highest BCUT2D eigenvalue weighted by molar-refractivity contribution is 5.97. The van der Waals surface area contributed by atoms with E-state index in [9.17, 15) is 4.79 Å². The number of nitrogens with one attached hydrogen (secondary N) is 1. The van der Waals surface area contributed by atoms with Crippen LogP contribution in [0.1, 0.15) is 64.7 Å². The number of fused-ring (bicyclic) bond motifs is 2. The Morgan fingerprint density at radius 3 is 2.39 bits per heavy atom. The lowest BCUT2D eigenvalue weighted by molar-refractivity contribution is -0.121. The monoisotopic (exact) mass is 480 g/mol. The lowest BCUT2D eigenvalue weighted by Crippen LogP contribution is -2.57. The highest BCUT2D eigenvalue weighted by Crippen LogP contribution is 2.50. The normalized spacial score (nSPS) is 21.5. The van der Waals surface area contributed by atoms with E-state index in [-0.39, 0.29) is 29.0 Å². The predicted octanol–water partition coefficient (Wildman–Crippen LogP) is 7.19. The van der Waals surface area contributed by atoms with Crippen molar-refractivity contribution in [2.45, 2.75) is 64.5 Å². The van der Waals surface area contributed by atoms with Crippen LogP contribution in [0.4, 0.5) is 11.4 Å². The molecule has 3 aromatic rings. The summed E-state index contributed by atoms with van der Waals surface area (Å²) in [5, 5.41) is 3.55. The number of nitrogens with zero attached hydrogens (tertiary/aromatic N) is 1. The number of rotatable bonds is 4. The molecular weight excluding hydrogens is 444 g/mol. The van der Waals surface area contributed by atoms with Crippen molar-refractivity contribution in [1.82, 2.24) is 0 Å². The summed E-state index contributed by atoms with van der Waals surface area (Å²) in [4.78, 5) is 15.7. The van der Waals surface area contributed by atoms with Gasteiger partial charge in [-0.05, 0) is 82.0 Å². The number of benzene rings is 3. The first-order chi connectivity index (χ1) is 17.0. The second-order valence-electron chi connectivity index (χ2n) is 11.6. The molecule has 0 spiro atoms. The first-order valence-electron chi connectivity index (χ1n) is 12.7. The number of allylic oxidation sites excluding steroid dienone is 1. The van der Waals surface area contributed by atoms with Crippen LogP contribution in [0, 0.1) is 0 Å². The number of hydrogen-bond donors (Lipinski definition) is 1. The molecule has 0 aliphatic carbocycles. The summed E-state index contributed by atoms with van der Waals surface area (Å²) in [5.41, 5.74) is 6.14. The molecule has 186 valence electrons. The molecule has 0 saturated carbocycles. The molecule has 0 bridgehead atoms. The number of hydrogen-bond acceptors (Lipinski definition) is 3. The summed E-state index contributed by atoms with van der Waals surface area (Å²) >= 11 is 0. The molecule has 0 radical (unpaired) electrons. The van der Waals surface area contributed by atoms with Gasteiger partial charge in [0.25, 0.3) is 5.91 Å². The van der Waals surface area contributed by atoms with Crippen LogP contribution in [-0.4, -0.2) is 23.6 Å². The zero-order valence-corrected chi connectivity index (χ0v) is 22.2. The van der Waals surface area contributed by atoms with Gasteiger partial charge in [0.05, 0.1) is 5.54 Å². The fraction of sp³-hybridized carbons (Fsp3) is 0.344. The fourth-order valence-corrected chi connectivity index (χ4v) is 6.30. The largest absolute Gasteiger partial charge is 0.484 e. The van der Waals surface area contributed by atoms with Gasteiger partial charge in [0.15, 0.2) is 6.61 Å². The van der Waals surface area contributed by atoms with Crippen LogP contribution in [0.15, 0.2) is 78.9 Å². The molecule has 2 aliphatic heterocycles. The zero-order chi connectivity index (χ0) is 25.7. The zero-order valence-electron chi connectivity index (χ0n) is 22.2. The lowest BCUT2D eigenvalue weighted by Gasteiger charge is -2.51. The van der Waals surface area contributed by atoms with Crippen LogP contribution in [0.25, 0.3) is 5.57 Å². The number of para-hydroxylation sites is 1. The van der Waals surface area contributed by atoms with E-state index in [0.717, 1.165) is 23.4 Å². The van der Waals surface area contributed by atoms with Gasteiger partial charge >= 0.3 is 0 Å². The summed E-state index contributed by atoms with van der Waals surface area (Å²) < 4.78 is 6.09. The molecule has 1 unspecified atom stereocenters. The minimum absolute atomic E-state index is 0.0136. The smallest absolute Gasteiger partial charge is 0.265 e. The van der Waals surface area contributed by atoms with Gasteiger partial charge in [-0.2, -0.15) is 0 Å². The van der Waals surface area contributed by atoms with Crippen LogP contribution in [0.5, 0.6) is 5.75 Å². The van der Waals surface area contributed by atoms with Crippen molar-refractivity contribution in [2.24, 2.45) is 0 Å². The third-order valence-electron chi connectivity index (χ3n) is 7.60. The summed E-state index contributed by atoms with van der Waals surface area (Å²) in [6.07, 6.45) is 3.04. The van der Waals surface area contributed by atoms with E-state index in [0.29, 0.717) is 5.75 Å². The molecule has 36 heavy (non-hydrogen) atoms. The third kappa shape index (κ3) is 4.19. The molecule has 0 saturated heterocycles. The maximum absolute atomic E-state index is 13.7. The van der Waals surface area contributed by atoms with Gasteiger partial charge in [-0.1, -0.05) is 61.5 Å². The Morgan fingerprint density at radius 1 is 0.944 bits per heavy atom. The predicted molar refractivity (Wildman–Crippen MR) is 149 cm³/mol. The second-order valence-corrected chi connectivity index (χ2v) is 11.6. The Hall–Kier alpha value is -3.53. The molecule has 2 aliphatic rings. The van der Waals surface area contributed by atoms with Gasteiger partial charge in [0, 0.05) is 27.9 Å². The van der Waals surface area contributed by atoms with Gasteiger partial charge in [-0.25, -0.2) is 0 Å². The Labute approximate surface area is 215 Å². The maximum atomic E-state index is 13.7. The lowest BCUT2D eigenvalue weighted by atomic mass is 9.65. The van der Waals surface area contributed by atoms with Crippen LogP contribution in [-0.2, 0) is 10.2 Å². The molecule has 0 aromatic heterocycles. The molecule has 5 rings (SSSR count). The van der Waals surface area contributed by atoms with Crippen molar-refractivity contribution in [3.8, 4) is 5.75 Å². The van der Waals surface area contributed by atoms with Crippen molar-refractivity contribution in [1.29, 1.82) is 0 Å². The molecule has 1 N–H and O–H groups in total. The van der Waals surface area contributed by atoms with E-state index < -0.39 is 0 Å². The Bertz CT molecular complexity index is 1340. The molecule has 2 heterocycles. The van der Waals surface area contributed by atoms with Crippen LogP contribution in [0.3, 0.4) is 0 Å². The second kappa shape index (κ2) is 8.55. The average molecular weight is 481 g/mol. The Balaban J connectivity index is 1.42. The number of carbonyl (C=O) groups is 1. The van der Waals surface area contributed by atoms with E-state index in [2.05, 4.69) is 101 Å². The summed E-state index contributed by atoms with van der Waals surface area (Å²) in [5.74, 6) is 0.667. The summed E-state index contributed by atoms with van der Waals surface area (Å²) in [7, 11) is 0. The van der Waals surface area contributed by atoms with E-state index in [1.807, 2.05) is 29.2 Å². The van der Waals surface area contributed by atoms with Crippen molar-refractivity contribution >= 4 is 22.9 Å². The topological polar surface area (TPSA) is 41.6 Å². The highest BCUT2D eigenvalue weighted by atomic mass is 16.5. The molecule has 4 nitrogen and oxygen atoms in total. The molecular formula is C32H36N2O2. The molecule has 1 amide bonds. The average Bonchev–Trinajstić information content (AvgIpc) is 2.82. The first-order valence-corrected chi connectivity index (χ1v) is 12.7.